The Balaban J connectivity index is 1.72. The summed E-state index contributed by atoms with van der Waals surface area (Å²) in [7, 11) is 1.90. The Labute approximate surface area is 210 Å². The lowest BCUT2D eigenvalue weighted by atomic mass is 10.1. The van der Waals surface area contributed by atoms with Crippen molar-refractivity contribution in [3.05, 3.63) is 40.6 Å². The van der Waals surface area contributed by atoms with E-state index >= 15 is 0 Å². The molecule has 1 aliphatic rings. The minimum atomic E-state index is -0.0873. The van der Waals surface area contributed by atoms with E-state index in [0.717, 1.165) is 70.0 Å². The van der Waals surface area contributed by atoms with Crippen LogP contribution in [-0.2, 0) is 26.6 Å². The molecule has 2 N–H and O–H groups in total. The second-order valence-corrected chi connectivity index (χ2v) is 9.31. The highest BCUT2D eigenvalue weighted by molar-refractivity contribution is 5.92. The van der Waals surface area contributed by atoms with Crippen LogP contribution in [0, 0.1) is 6.92 Å². The third kappa shape index (κ3) is 4.31. The van der Waals surface area contributed by atoms with Crippen LogP contribution in [0.5, 0.6) is 5.88 Å². The predicted molar refractivity (Wildman–Crippen MR) is 139 cm³/mol. The second kappa shape index (κ2) is 9.87. The summed E-state index contributed by atoms with van der Waals surface area (Å²) in [5.41, 5.74) is 7.44. The van der Waals surface area contributed by atoms with E-state index in [1.165, 1.54) is 0 Å². The van der Waals surface area contributed by atoms with Crippen LogP contribution in [-0.4, -0.2) is 70.5 Å². The molecule has 1 atom stereocenters. The van der Waals surface area contributed by atoms with E-state index < -0.39 is 0 Å². The molecule has 0 aromatic carbocycles. The lowest BCUT2D eigenvalue weighted by Gasteiger charge is -2.26. The Morgan fingerprint density at radius 1 is 1.22 bits per heavy atom. The summed E-state index contributed by atoms with van der Waals surface area (Å²) in [6, 6.07) is 2.05. The number of pyridine rings is 1. The van der Waals surface area contributed by atoms with E-state index in [2.05, 4.69) is 53.1 Å². The first kappa shape index (κ1) is 24.2. The molecule has 4 aromatic heterocycles. The van der Waals surface area contributed by atoms with E-state index in [1.54, 1.807) is 4.68 Å². The van der Waals surface area contributed by atoms with Gasteiger partial charge in [0.05, 0.1) is 58.9 Å². The van der Waals surface area contributed by atoms with Crippen LogP contribution in [0.2, 0.25) is 0 Å². The fraction of sp³-hybridized carbons (Fsp3) is 0.462. The monoisotopic (exact) mass is 490 g/mol. The number of rotatable bonds is 4. The van der Waals surface area contributed by atoms with Crippen molar-refractivity contribution in [2.24, 2.45) is 7.05 Å². The number of likely N-dealkylation sites (N-methyl/N-ethyl adjacent to an activating group) is 1. The minimum absolute atomic E-state index is 0.0367. The predicted octanol–water partition coefficient (Wildman–Crippen LogP) is 3.19. The average Bonchev–Trinajstić information content (AvgIpc) is 3.50. The van der Waals surface area contributed by atoms with Gasteiger partial charge < -0.3 is 9.84 Å². The molecule has 190 valence electrons. The molecule has 10 heteroatoms. The highest BCUT2D eigenvalue weighted by Gasteiger charge is 2.24. The van der Waals surface area contributed by atoms with Gasteiger partial charge >= 0.3 is 0 Å². The molecule has 4 aromatic rings. The summed E-state index contributed by atoms with van der Waals surface area (Å²) in [6.07, 6.45) is 6.67. The Hall–Kier alpha value is -3.50. The van der Waals surface area contributed by atoms with Crippen LogP contribution in [0.3, 0.4) is 0 Å². The van der Waals surface area contributed by atoms with Gasteiger partial charge in [0.15, 0.2) is 0 Å². The van der Waals surface area contributed by atoms with E-state index in [9.17, 15) is 5.11 Å². The zero-order valence-electron chi connectivity index (χ0n) is 21.6. The van der Waals surface area contributed by atoms with Gasteiger partial charge in [0.2, 0.25) is 5.88 Å². The number of hydrogen-bond acceptors (Lipinski definition) is 7. The Morgan fingerprint density at radius 2 is 2.06 bits per heavy atom. The third-order valence-electron chi connectivity index (χ3n) is 6.78. The molecule has 0 fully saturated rings. The molecule has 36 heavy (non-hydrogen) atoms. The van der Waals surface area contributed by atoms with E-state index in [1.807, 2.05) is 30.9 Å². The van der Waals surface area contributed by atoms with Crippen molar-refractivity contribution in [1.29, 1.82) is 0 Å². The smallest absolute Gasteiger partial charge is 0.221 e. The Bertz CT molecular complexity index is 1410. The maximum Gasteiger partial charge on any atom is 0.221 e. The summed E-state index contributed by atoms with van der Waals surface area (Å²) in [5, 5.41) is 27.8. The molecule has 0 unspecified atom stereocenters. The van der Waals surface area contributed by atoms with Crippen LogP contribution < -0.4 is 4.74 Å². The van der Waals surface area contributed by atoms with Crippen molar-refractivity contribution >= 4 is 23.1 Å². The number of aromatic amines is 1. The molecule has 1 aliphatic heterocycles. The summed E-state index contributed by atoms with van der Waals surface area (Å²) in [6.45, 7) is 11.1. The molecule has 5 heterocycles. The van der Waals surface area contributed by atoms with Gasteiger partial charge in [-0.15, -0.1) is 0 Å². The Kier molecular flexibility index (Phi) is 6.63. The molecule has 2 bridgehead atoms. The van der Waals surface area contributed by atoms with E-state index in [-0.39, 0.29) is 12.7 Å². The molecule has 10 nitrogen and oxygen atoms in total. The summed E-state index contributed by atoms with van der Waals surface area (Å²) < 4.78 is 10.2. The highest BCUT2D eigenvalue weighted by atomic mass is 16.5. The zero-order chi connectivity index (χ0) is 25.4. The van der Waals surface area contributed by atoms with Gasteiger partial charge in [-0.3, -0.25) is 19.7 Å². The van der Waals surface area contributed by atoms with Gasteiger partial charge in [-0.25, -0.2) is 4.68 Å². The highest BCUT2D eigenvalue weighted by Crippen LogP contribution is 2.34. The number of aliphatic hydroxyl groups excluding tert-OH is 1. The number of nitrogens with zero attached hydrogens (tertiary/aromatic N) is 7. The van der Waals surface area contributed by atoms with Crippen LogP contribution in [0.1, 0.15) is 49.1 Å². The lowest BCUT2D eigenvalue weighted by Crippen LogP contribution is -2.34. The largest absolute Gasteiger partial charge is 0.473 e. The number of fused-ring (bicyclic) bond motifs is 4. The van der Waals surface area contributed by atoms with Gasteiger partial charge in [-0.1, -0.05) is 13.8 Å². The fourth-order valence-electron chi connectivity index (χ4n) is 5.00. The van der Waals surface area contributed by atoms with Crippen molar-refractivity contribution in [2.75, 3.05) is 19.7 Å². The standard InChI is InChI=1S/C26H34N8O2/c1-6-20-18-8-9-21-19-12-22(27-13-23(19)29-28-21)25-17(4)30-32(5)26(25)36-16(3)14-33(7-2)15-24(18)34(31-20)10-11-35/h8-9,12-13,16,35H,6-7,10-11,14-15H2,1-5H3,(H,28,29)/b9-8+/t16-/m1/s1. The molecule has 0 saturated heterocycles. The fourth-order valence-corrected chi connectivity index (χ4v) is 5.00. The topological polar surface area (TPSA) is 110 Å². The zero-order valence-corrected chi connectivity index (χ0v) is 21.6. The molecular formula is C26H34N8O2. The van der Waals surface area contributed by atoms with Crippen molar-refractivity contribution < 1.29 is 9.84 Å². The van der Waals surface area contributed by atoms with Crippen molar-refractivity contribution in [2.45, 2.75) is 53.3 Å². The van der Waals surface area contributed by atoms with Crippen LogP contribution in [0.15, 0.2) is 12.3 Å². The molecule has 5 rings (SSSR count). The molecule has 0 spiro atoms. The SMILES string of the molecule is CCc1nn(CCO)c2c1/C=C/c1n[nH]c3cnc(cc13)-c1c(C)nn(C)c1O[C@H](C)CN(CC)C2. The van der Waals surface area contributed by atoms with Crippen molar-refractivity contribution in [3.8, 4) is 17.1 Å². The number of H-pyrrole nitrogens is 1. The van der Waals surface area contributed by atoms with Crippen molar-refractivity contribution in [3.63, 3.8) is 0 Å². The van der Waals surface area contributed by atoms with E-state index in [0.29, 0.717) is 19.0 Å². The second-order valence-electron chi connectivity index (χ2n) is 9.31. The van der Waals surface area contributed by atoms with E-state index in [4.69, 9.17) is 14.8 Å². The first-order valence-corrected chi connectivity index (χ1v) is 12.6. The number of aliphatic hydroxyl groups is 1. The molecule has 0 amide bonds. The number of aromatic nitrogens is 7. The first-order valence-electron chi connectivity index (χ1n) is 12.6. The van der Waals surface area contributed by atoms with Crippen LogP contribution in [0.4, 0.5) is 0 Å². The summed E-state index contributed by atoms with van der Waals surface area (Å²) >= 11 is 0. The number of aryl methyl sites for hydroxylation is 3. The van der Waals surface area contributed by atoms with Gasteiger partial charge in [0, 0.05) is 31.1 Å². The van der Waals surface area contributed by atoms with Gasteiger partial charge in [0.25, 0.3) is 0 Å². The Morgan fingerprint density at radius 3 is 2.81 bits per heavy atom. The molecule has 0 saturated carbocycles. The molecular weight excluding hydrogens is 456 g/mol. The quantitative estimate of drug-likeness (QED) is 0.452. The molecule has 0 aliphatic carbocycles. The summed E-state index contributed by atoms with van der Waals surface area (Å²) in [4.78, 5) is 7.06. The normalized spacial score (nSPS) is 17.4. The molecule has 0 radical (unpaired) electrons. The number of hydrogen-bond donors (Lipinski definition) is 2. The van der Waals surface area contributed by atoms with Crippen LogP contribution >= 0.6 is 0 Å². The van der Waals surface area contributed by atoms with Gasteiger partial charge in [-0.2, -0.15) is 15.3 Å². The van der Waals surface area contributed by atoms with Crippen molar-refractivity contribution in [1.82, 2.24) is 39.6 Å². The maximum atomic E-state index is 9.71. The minimum Gasteiger partial charge on any atom is -0.473 e. The van der Waals surface area contributed by atoms with Gasteiger partial charge in [-0.05, 0) is 45.0 Å². The average molecular weight is 491 g/mol. The maximum absolute atomic E-state index is 9.71. The third-order valence-corrected chi connectivity index (χ3v) is 6.78. The number of nitrogens with one attached hydrogen (secondary N) is 1. The van der Waals surface area contributed by atoms with Gasteiger partial charge in [0.1, 0.15) is 6.10 Å². The van der Waals surface area contributed by atoms with Crippen LogP contribution in [0.25, 0.3) is 34.3 Å². The number of ether oxygens (including phenoxy) is 1. The first-order chi connectivity index (χ1) is 17.4. The lowest BCUT2D eigenvalue weighted by molar-refractivity contribution is 0.133. The summed E-state index contributed by atoms with van der Waals surface area (Å²) in [5.74, 6) is 0.706.